The Bertz CT molecular complexity index is 193. The molecule has 0 nitrogen and oxygen atoms in total. The molecule has 0 aromatic rings. The summed E-state index contributed by atoms with van der Waals surface area (Å²) in [4.78, 5) is 0. The third-order valence-electron chi connectivity index (χ3n) is 1.98. The molecule has 0 radical (unpaired) electrons. The van der Waals surface area contributed by atoms with Crippen molar-refractivity contribution in [3.05, 3.63) is 22.5 Å². The molecule has 0 saturated carbocycles. The molecule has 0 amide bonds. The second kappa shape index (κ2) is 2.67. The van der Waals surface area contributed by atoms with E-state index in [1.54, 1.807) is 5.57 Å². The lowest BCUT2D eigenvalue weighted by Crippen LogP contribution is -2.02. The van der Waals surface area contributed by atoms with Crippen LogP contribution in [-0.4, -0.2) is 4.58 Å². The van der Waals surface area contributed by atoms with Gasteiger partial charge in [-0.25, -0.2) is 0 Å². The first-order valence-electron chi connectivity index (χ1n) is 3.58. The number of fused-ring (bicyclic) bond motifs is 1. The Balaban J connectivity index is 2.17. The highest BCUT2D eigenvalue weighted by Crippen LogP contribution is 2.48. The van der Waals surface area contributed by atoms with Crippen molar-refractivity contribution in [2.24, 2.45) is 5.92 Å². The molecule has 2 heteroatoms. The Morgan fingerprint density at radius 3 is 3.20 bits per heavy atom. The van der Waals surface area contributed by atoms with Crippen LogP contribution in [0.3, 0.4) is 0 Å². The lowest BCUT2D eigenvalue weighted by atomic mass is 10.0. The zero-order valence-corrected chi connectivity index (χ0v) is 7.54. The zero-order valence-electron chi connectivity index (χ0n) is 5.91. The summed E-state index contributed by atoms with van der Waals surface area (Å²) in [7, 11) is 0. The van der Waals surface area contributed by atoms with Crippen LogP contribution in [-0.2, 0) is 0 Å². The van der Waals surface area contributed by atoms with Crippen molar-refractivity contribution < 1.29 is 0 Å². The summed E-state index contributed by atoms with van der Waals surface area (Å²) in [6.45, 7) is 2.24. The maximum atomic E-state index is 2.34. The van der Waals surface area contributed by atoms with Crippen molar-refractivity contribution in [2.45, 2.75) is 17.9 Å². The van der Waals surface area contributed by atoms with Crippen LogP contribution in [0, 0.1) is 5.92 Å². The Kier molecular flexibility index (Phi) is 1.83. The standard InChI is InChI=1S/C8H10S2/c1-2-6-5-10-8-7(6)3-4-9-8/h3-5,7-8H,2H2,1H3. The summed E-state index contributed by atoms with van der Waals surface area (Å²) in [6, 6.07) is 0. The summed E-state index contributed by atoms with van der Waals surface area (Å²) in [5, 5.41) is 4.58. The number of hydrogen-bond acceptors (Lipinski definition) is 2. The molecule has 0 saturated heterocycles. The van der Waals surface area contributed by atoms with E-state index in [0.29, 0.717) is 0 Å². The van der Waals surface area contributed by atoms with Gasteiger partial charge in [-0.1, -0.05) is 18.6 Å². The van der Waals surface area contributed by atoms with Crippen LogP contribution >= 0.6 is 23.5 Å². The third kappa shape index (κ3) is 0.940. The van der Waals surface area contributed by atoms with E-state index in [-0.39, 0.29) is 0 Å². The van der Waals surface area contributed by atoms with Gasteiger partial charge in [0.2, 0.25) is 0 Å². The first-order valence-corrected chi connectivity index (χ1v) is 5.47. The summed E-state index contributed by atoms with van der Waals surface area (Å²) in [6.07, 6.45) is 3.56. The molecule has 54 valence electrons. The lowest BCUT2D eigenvalue weighted by molar-refractivity contribution is 0.823. The van der Waals surface area contributed by atoms with Gasteiger partial charge in [0.1, 0.15) is 0 Å². The van der Waals surface area contributed by atoms with Crippen LogP contribution in [0.2, 0.25) is 0 Å². The molecule has 2 rings (SSSR count). The molecular formula is C8H10S2. The van der Waals surface area contributed by atoms with Crippen molar-refractivity contribution in [3.63, 3.8) is 0 Å². The minimum atomic E-state index is 0.764. The van der Waals surface area contributed by atoms with E-state index >= 15 is 0 Å². The van der Waals surface area contributed by atoms with Crippen LogP contribution in [0.25, 0.3) is 0 Å². The Hall–Kier alpha value is 0.180. The summed E-state index contributed by atoms with van der Waals surface area (Å²) < 4.78 is 0.787. The molecule has 0 bridgehead atoms. The maximum Gasteiger partial charge on any atom is 0.0685 e. The van der Waals surface area contributed by atoms with Gasteiger partial charge >= 0.3 is 0 Å². The van der Waals surface area contributed by atoms with E-state index < -0.39 is 0 Å². The molecule has 0 N–H and O–H groups in total. The Morgan fingerprint density at radius 2 is 2.40 bits per heavy atom. The fourth-order valence-corrected chi connectivity index (χ4v) is 3.88. The summed E-state index contributed by atoms with van der Waals surface area (Å²) in [5.74, 6) is 0.764. The zero-order chi connectivity index (χ0) is 6.97. The summed E-state index contributed by atoms with van der Waals surface area (Å²) in [5.41, 5.74) is 1.62. The second-order valence-electron chi connectivity index (χ2n) is 2.54. The normalized spacial score (nSPS) is 36.3. The minimum Gasteiger partial charge on any atom is -0.119 e. The van der Waals surface area contributed by atoms with E-state index in [4.69, 9.17) is 0 Å². The van der Waals surface area contributed by atoms with Gasteiger partial charge in [0, 0.05) is 5.92 Å². The minimum absolute atomic E-state index is 0.764. The number of rotatable bonds is 1. The number of allylic oxidation sites excluding steroid dienone is 2. The van der Waals surface area contributed by atoms with Gasteiger partial charge in [0.05, 0.1) is 4.58 Å². The van der Waals surface area contributed by atoms with Crippen molar-refractivity contribution in [3.8, 4) is 0 Å². The highest BCUT2D eigenvalue weighted by molar-refractivity contribution is 8.20. The van der Waals surface area contributed by atoms with Gasteiger partial charge < -0.3 is 0 Å². The van der Waals surface area contributed by atoms with Gasteiger partial charge in [-0.15, -0.1) is 23.5 Å². The second-order valence-corrected chi connectivity index (χ2v) is 4.91. The first kappa shape index (κ1) is 6.86. The third-order valence-corrected chi connectivity index (χ3v) is 4.52. The predicted molar refractivity (Wildman–Crippen MR) is 50.0 cm³/mol. The molecule has 2 atom stereocenters. The molecule has 2 aliphatic heterocycles. The highest BCUT2D eigenvalue weighted by atomic mass is 32.2. The Morgan fingerprint density at radius 1 is 1.50 bits per heavy atom. The van der Waals surface area contributed by atoms with E-state index in [1.807, 2.05) is 23.5 Å². The summed E-state index contributed by atoms with van der Waals surface area (Å²) >= 11 is 3.95. The van der Waals surface area contributed by atoms with Crippen molar-refractivity contribution in [2.75, 3.05) is 0 Å². The number of thioether (sulfide) groups is 2. The van der Waals surface area contributed by atoms with E-state index in [2.05, 4.69) is 23.8 Å². The van der Waals surface area contributed by atoms with Gasteiger partial charge in [-0.2, -0.15) is 0 Å². The van der Waals surface area contributed by atoms with Crippen LogP contribution < -0.4 is 0 Å². The molecule has 2 heterocycles. The SMILES string of the molecule is CCC1=CSC2SC=CC12. The average molecular weight is 170 g/mol. The van der Waals surface area contributed by atoms with Crippen molar-refractivity contribution in [1.82, 2.24) is 0 Å². The molecular weight excluding hydrogens is 160 g/mol. The van der Waals surface area contributed by atoms with Crippen molar-refractivity contribution in [1.29, 1.82) is 0 Å². The van der Waals surface area contributed by atoms with E-state index in [1.165, 1.54) is 6.42 Å². The monoisotopic (exact) mass is 170 g/mol. The van der Waals surface area contributed by atoms with Gasteiger partial charge in [-0.05, 0) is 17.2 Å². The topological polar surface area (TPSA) is 0 Å². The molecule has 0 spiro atoms. The predicted octanol–water partition coefficient (Wildman–Crippen LogP) is 3.23. The van der Waals surface area contributed by atoms with Crippen LogP contribution in [0.15, 0.2) is 22.5 Å². The average Bonchev–Trinajstić information content (AvgIpc) is 2.44. The van der Waals surface area contributed by atoms with Gasteiger partial charge in [-0.3, -0.25) is 0 Å². The quantitative estimate of drug-likeness (QED) is 0.592. The molecule has 10 heavy (non-hydrogen) atoms. The van der Waals surface area contributed by atoms with Crippen LogP contribution in [0.4, 0.5) is 0 Å². The molecule has 0 aliphatic carbocycles. The maximum absolute atomic E-state index is 2.34. The van der Waals surface area contributed by atoms with E-state index in [0.717, 1.165) is 10.5 Å². The van der Waals surface area contributed by atoms with Crippen LogP contribution in [0.5, 0.6) is 0 Å². The molecule has 2 unspecified atom stereocenters. The lowest BCUT2D eigenvalue weighted by Gasteiger charge is -2.08. The van der Waals surface area contributed by atoms with Crippen molar-refractivity contribution >= 4 is 23.5 Å². The Labute approximate surface area is 70.1 Å². The fourth-order valence-electron chi connectivity index (χ4n) is 1.35. The largest absolute Gasteiger partial charge is 0.119 e. The van der Waals surface area contributed by atoms with Gasteiger partial charge in [0.25, 0.3) is 0 Å². The first-order chi connectivity index (χ1) is 4.92. The molecule has 0 aromatic heterocycles. The number of hydrogen-bond donors (Lipinski definition) is 0. The molecule has 0 aromatic carbocycles. The van der Waals surface area contributed by atoms with Crippen LogP contribution in [0.1, 0.15) is 13.3 Å². The molecule has 2 aliphatic rings. The fraction of sp³-hybridized carbons (Fsp3) is 0.500. The van der Waals surface area contributed by atoms with Gasteiger partial charge in [0.15, 0.2) is 0 Å². The highest BCUT2D eigenvalue weighted by Gasteiger charge is 2.30. The van der Waals surface area contributed by atoms with E-state index in [9.17, 15) is 0 Å². The smallest absolute Gasteiger partial charge is 0.0685 e. The molecule has 0 fully saturated rings.